The molecule has 1 fully saturated rings. The zero-order valence-corrected chi connectivity index (χ0v) is 14.3. The van der Waals surface area contributed by atoms with Gasteiger partial charge in [0.05, 0.1) is 12.7 Å². The molecular weight excluding hydrogens is 321 g/mol. The maximum atomic E-state index is 14.2. The standard InChI is InChI=1S/C17H20FN7/c1-12-5-6-14(18)16(8-12)25-17(20-21-22-25)11-24-7-3-4-15(24)13-9-19-23(2)10-13/h5-6,8-10,15H,3-4,7,11H2,1-2H3. The molecule has 4 rings (SSSR count). The third-order valence-electron chi connectivity index (χ3n) is 4.68. The van der Waals surface area contributed by atoms with E-state index in [0.29, 0.717) is 24.1 Å². The van der Waals surface area contributed by atoms with Crippen molar-refractivity contribution in [3.63, 3.8) is 0 Å². The van der Waals surface area contributed by atoms with Crippen molar-refractivity contribution in [2.45, 2.75) is 32.4 Å². The zero-order valence-electron chi connectivity index (χ0n) is 14.3. The number of aryl methyl sites for hydroxylation is 2. The van der Waals surface area contributed by atoms with E-state index in [4.69, 9.17) is 0 Å². The van der Waals surface area contributed by atoms with Gasteiger partial charge in [0, 0.05) is 24.8 Å². The Morgan fingerprint density at radius 1 is 1.32 bits per heavy atom. The molecule has 1 atom stereocenters. The third-order valence-corrected chi connectivity index (χ3v) is 4.68. The van der Waals surface area contributed by atoms with Crippen molar-refractivity contribution in [1.29, 1.82) is 0 Å². The highest BCUT2D eigenvalue weighted by Gasteiger charge is 2.28. The number of nitrogens with zero attached hydrogens (tertiary/aromatic N) is 7. The van der Waals surface area contributed by atoms with Gasteiger partial charge in [-0.2, -0.15) is 9.78 Å². The van der Waals surface area contributed by atoms with E-state index in [-0.39, 0.29) is 5.82 Å². The van der Waals surface area contributed by atoms with Crippen LogP contribution in [0.3, 0.4) is 0 Å². The Morgan fingerprint density at radius 2 is 2.20 bits per heavy atom. The van der Waals surface area contributed by atoms with E-state index in [9.17, 15) is 4.39 Å². The van der Waals surface area contributed by atoms with Gasteiger partial charge >= 0.3 is 0 Å². The first-order valence-electron chi connectivity index (χ1n) is 8.38. The Morgan fingerprint density at radius 3 is 3.00 bits per heavy atom. The first-order chi connectivity index (χ1) is 12.1. The molecule has 1 saturated heterocycles. The lowest BCUT2D eigenvalue weighted by Gasteiger charge is -2.22. The number of likely N-dealkylation sites (tertiary alicyclic amines) is 1. The third kappa shape index (κ3) is 3.05. The molecule has 0 spiro atoms. The summed E-state index contributed by atoms with van der Waals surface area (Å²) in [6.45, 7) is 3.45. The summed E-state index contributed by atoms with van der Waals surface area (Å²) >= 11 is 0. The van der Waals surface area contributed by atoms with E-state index >= 15 is 0 Å². The van der Waals surface area contributed by atoms with Crippen molar-refractivity contribution < 1.29 is 4.39 Å². The van der Waals surface area contributed by atoms with E-state index in [2.05, 4.69) is 25.5 Å². The maximum absolute atomic E-state index is 14.2. The van der Waals surface area contributed by atoms with Crippen LogP contribution in [0.2, 0.25) is 0 Å². The minimum Gasteiger partial charge on any atom is -0.289 e. The van der Waals surface area contributed by atoms with Gasteiger partial charge in [-0.05, 0) is 54.4 Å². The monoisotopic (exact) mass is 341 g/mol. The summed E-state index contributed by atoms with van der Waals surface area (Å²) in [7, 11) is 1.92. The van der Waals surface area contributed by atoms with Crippen molar-refractivity contribution in [3.8, 4) is 5.69 Å². The molecule has 3 aromatic rings. The average Bonchev–Trinajstić information content (AvgIpc) is 3.31. The molecule has 1 aliphatic rings. The SMILES string of the molecule is Cc1ccc(F)c(-n2nnnc2CN2CCCC2c2cnn(C)c2)c1. The van der Waals surface area contributed by atoms with Crippen LogP contribution in [-0.2, 0) is 13.6 Å². The van der Waals surface area contributed by atoms with Gasteiger partial charge in [-0.15, -0.1) is 5.10 Å². The Hall–Kier alpha value is -2.61. The molecule has 1 unspecified atom stereocenters. The van der Waals surface area contributed by atoms with Gasteiger partial charge in [-0.1, -0.05) is 6.07 Å². The van der Waals surface area contributed by atoms with E-state index in [0.717, 1.165) is 24.9 Å². The molecule has 7 nitrogen and oxygen atoms in total. The van der Waals surface area contributed by atoms with Crippen molar-refractivity contribution in [2.75, 3.05) is 6.54 Å². The van der Waals surface area contributed by atoms with Crippen molar-refractivity contribution in [1.82, 2.24) is 34.9 Å². The number of aromatic nitrogens is 6. The molecule has 0 saturated carbocycles. The van der Waals surface area contributed by atoms with Gasteiger partial charge in [0.2, 0.25) is 0 Å². The Bertz CT molecular complexity index is 885. The van der Waals surface area contributed by atoms with Gasteiger partial charge < -0.3 is 0 Å². The maximum Gasteiger partial charge on any atom is 0.170 e. The average molecular weight is 341 g/mol. The molecule has 8 heteroatoms. The molecule has 130 valence electrons. The fourth-order valence-corrected chi connectivity index (χ4v) is 3.46. The van der Waals surface area contributed by atoms with Gasteiger partial charge in [-0.3, -0.25) is 9.58 Å². The second-order valence-corrected chi connectivity index (χ2v) is 6.54. The topological polar surface area (TPSA) is 64.7 Å². The summed E-state index contributed by atoms with van der Waals surface area (Å²) < 4.78 is 17.5. The van der Waals surface area contributed by atoms with E-state index in [1.54, 1.807) is 12.1 Å². The number of tetrazole rings is 1. The molecule has 0 bridgehead atoms. The summed E-state index contributed by atoms with van der Waals surface area (Å²) in [6.07, 6.45) is 6.14. The second kappa shape index (κ2) is 6.36. The highest BCUT2D eigenvalue weighted by molar-refractivity contribution is 5.36. The lowest BCUT2D eigenvalue weighted by Crippen LogP contribution is -2.24. The molecule has 2 aromatic heterocycles. The lowest BCUT2D eigenvalue weighted by atomic mass is 10.1. The van der Waals surface area contributed by atoms with E-state index in [1.165, 1.54) is 16.3 Å². The number of hydrogen-bond acceptors (Lipinski definition) is 5. The van der Waals surface area contributed by atoms with Crippen LogP contribution in [0, 0.1) is 12.7 Å². The quantitative estimate of drug-likeness (QED) is 0.728. The lowest BCUT2D eigenvalue weighted by molar-refractivity contribution is 0.240. The number of hydrogen-bond donors (Lipinski definition) is 0. The number of benzene rings is 1. The largest absolute Gasteiger partial charge is 0.289 e. The van der Waals surface area contributed by atoms with Gasteiger partial charge in [0.25, 0.3) is 0 Å². The van der Waals surface area contributed by atoms with Crippen molar-refractivity contribution in [2.24, 2.45) is 7.05 Å². The first kappa shape index (κ1) is 15.9. The first-order valence-corrected chi connectivity index (χ1v) is 8.38. The summed E-state index contributed by atoms with van der Waals surface area (Å²) in [5.74, 6) is 0.310. The predicted molar refractivity (Wildman–Crippen MR) is 89.4 cm³/mol. The van der Waals surface area contributed by atoms with E-state index < -0.39 is 0 Å². The van der Waals surface area contributed by atoms with Crippen LogP contribution in [0.25, 0.3) is 5.69 Å². The minimum atomic E-state index is -0.329. The molecule has 3 heterocycles. The van der Waals surface area contributed by atoms with Crippen LogP contribution >= 0.6 is 0 Å². The second-order valence-electron chi connectivity index (χ2n) is 6.54. The number of halogens is 1. The van der Waals surface area contributed by atoms with Crippen LogP contribution in [0.15, 0.2) is 30.6 Å². The predicted octanol–water partition coefficient (Wildman–Crippen LogP) is 2.18. The van der Waals surface area contributed by atoms with Crippen molar-refractivity contribution >= 4 is 0 Å². The van der Waals surface area contributed by atoms with Crippen molar-refractivity contribution in [3.05, 3.63) is 53.4 Å². The Labute approximate surface area is 145 Å². The van der Waals surface area contributed by atoms with Gasteiger partial charge in [0.1, 0.15) is 11.5 Å². The van der Waals surface area contributed by atoms with E-state index in [1.807, 2.05) is 31.0 Å². The minimum absolute atomic E-state index is 0.293. The van der Waals surface area contributed by atoms with Crippen LogP contribution in [0.4, 0.5) is 4.39 Å². The molecule has 0 radical (unpaired) electrons. The van der Waals surface area contributed by atoms with Gasteiger partial charge in [-0.25, -0.2) is 4.39 Å². The van der Waals surface area contributed by atoms with Crippen LogP contribution in [-0.4, -0.2) is 41.4 Å². The van der Waals surface area contributed by atoms with Crippen LogP contribution < -0.4 is 0 Å². The summed E-state index contributed by atoms with van der Waals surface area (Å²) in [6, 6.07) is 5.24. The normalized spacial score (nSPS) is 18.1. The molecule has 0 aliphatic carbocycles. The van der Waals surface area contributed by atoms with Gasteiger partial charge in [0.15, 0.2) is 5.82 Å². The molecule has 0 N–H and O–H groups in total. The number of rotatable bonds is 4. The highest BCUT2D eigenvalue weighted by Crippen LogP contribution is 2.32. The summed E-state index contributed by atoms with van der Waals surface area (Å²) in [4.78, 5) is 2.33. The molecule has 1 aromatic carbocycles. The zero-order chi connectivity index (χ0) is 17.4. The molecule has 25 heavy (non-hydrogen) atoms. The smallest absolute Gasteiger partial charge is 0.170 e. The summed E-state index contributed by atoms with van der Waals surface area (Å²) in [5, 5.41) is 16.2. The van der Waals surface area contributed by atoms with Crippen LogP contribution in [0.5, 0.6) is 0 Å². The molecule has 1 aliphatic heterocycles. The highest BCUT2D eigenvalue weighted by atomic mass is 19.1. The van der Waals surface area contributed by atoms with Crippen LogP contribution in [0.1, 0.15) is 35.8 Å². The fraction of sp³-hybridized carbons (Fsp3) is 0.412. The Balaban J connectivity index is 1.61. The molecular formula is C17H20FN7. The Kier molecular flexibility index (Phi) is 4.04. The molecule has 0 amide bonds. The fourth-order valence-electron chi connectivity index (χ4n) is 3.46. The summed E-state index contributed by atoms with van der Waals surface area (Å²) in [5.41, 5.74) is 2.55.